The number of rotatable bonds is 12. The minimum absolute atomic E-state index is 0.00675. The minimum Gasteiger partial charge on any atom is -0.478 e. The number of ether oxygens (including phenoxy) is 5. The highest BCUT2D eigenvalue weighted by Crippen LogP contribution is 2.47. The van der Waals surface area contributed by atoms with Gasteiger partial charge in [-0.05, 0) is 82.0 Å². The van der Waals surface area contributed by atoms with Gasteiger partial charge in [0.05, 0.1) is 18.3 Å². The maximum atomic E-state index is 12.8. The van der Waals surface area contributed by atoms with Crippen molar-refractivity contribution in [3.8, 4) is 0 Å². The van der Waals surface area contributed by atoms with E-state index in [2.05, 4.69) is 13.5 Å². The van der Waals surface area contributed by atoms with Crippen molar-refractivity contribution in [1.29, 1.82) is 0 Å². The van der Waals surface area contributed by atoms with Gasteiger partial charge in [0.25, 0.3) is 0 Å². The molecule has 4 unspecified atom stereocenters. The minimum atomic E-state index is -0.912. The molecular weight excluding hydrogens is 484 g/mol. The smallest absolute Gasteiger partial charge is 0.335 e. The van der Waals surface area contributed by atoms with E-state index in [1.54, 1.807) is 0 Å². The van der Waals surface area contributed by atoms with E-state index in [-0.39, 0.29) is 24.4 Å². The predicted molar refractivity (Wildman–Crippen MR) is 143 cm³/mol. The summed E-state index contributed by atoms with van der Waals surface area (Å²) in [5.74, 6) is 0.595. The summed E-state index contributed by atoms with van der Waals surface area (Å²) in [6, 6.07) is 0. The first kappa shape index (κ1) is 28.1. The van der Waals surface area contributed by atoms with Crippen LogP contribution in [-0.2, 0) is 28.5 Å². The molecule has 5 fully saturated rings. The standard InChI is InChI=1S/C31H48O7/c1-3-10-21-16-15-20(2)23(21)19-24-28(36-24)30(38-26-14-7-9-18-35-26)29(37-25-13-6-8-17-34-25)27(31(32)33)22-11-4-5-12-22/h21-26,28,30H,2-19H2,1H3,(H,32,33)/t21-,23-,24+,25?,26?,28?,30?/m0/s1. The van der Waals surface area contributed by atoms with Crippen LogP contribution in [0.5, 0.6) is 0 Å². The lowest BCUT2D eigenvalue weighted by Crippen LogP contribution is -2.38. The van der Waals surface area contributed by atoms with Crippen LogP contribution in [0.15, 0.2) is 23.5 Å². The number of carboxylic acids is 1. The van der Waals surface area contributed by atoms with Gasteiger partial charge < -0.3 is 28.8 Å². The first-order valence-electron chi connectivity index (χ1n) is 15.4. The Morgan fingerprint density at radius 3 is 2.32 bits per heavy atom. The maximum Gasteiger partial charge on any atom is 0.335 e. The fraction of sp³-hybridized carbons (Fsp3) is 0.839. The lowest BCUT2D eigenvalue weighted by atomic mass is 9.85. The molecule has 3 aliphatic heterocycles. The molecule has 0 amide bonds. The molecule has 5 rings (SSSR count). The Morgan fingerprint density at radius 2 is 1.68 bits per heavy atom. The zero-order valence-electron chi connectivity index (χ0n) is 23.2. The molecule has 2 aliphatic carbocycles. The zero-order chi connectivity index (χ0) is 26.5. The molecule has 7 heteroatoms. The Morgan fingerprint density at radius 1 is 1.00 bits per heavy atom. The van der Waals surface area contributed by atoms with E-state index in [1.165, 1.54) is 24.8 Å². The van der Waals surface area contributed by atoms with Gasteiger partial charge in [0, 0.05) is 13.0 Å². The van der Waals surface area contributed by atoms with Gasteiger partial charge in [-0.2, -0.15) is 0 Å². The van der Waals surface area contributed by atoms with Crippen molar-refractivity contribution in [3.05, 3.63) is 23.5 Å². The fourth-order valence-corrected chi connectivity index (χ4v) is 7.22. The number of hydrogen-bond acceptors (Lipinski definition) is 6. The summed E-state index contributed by atoms with van der Waals surface area (Å²) in [4.78, 5) is 12.8. The van der Waals surface area contributed by atoms with Gasteiger partial charge in [-0.1, -0.05) is 44.8 Å². The second-order valence-electron chi connectivity index (χ2n) is 12.1. The van der Waals surface area contributed by atoms with Gasteiger partial charge in [-0.25, -0.2) is 4.79 Å². The fourth-order valence-electron chi connectivity index (χ4n) is 7.22. The number of carbonyl (C=O) groups is 1. The highest BCUT2D eigenvalue weighted by atomic mass is 16.7. The summed E-state index contributed by atoms with van der Waals surface area (Å²) in [5, 5.41) is 10.5. The van der Waals surface area contributed by atoms with Crippen LogP contribution in [0.1, 0.15) is 103 Å². The first-order valence-corrected chi connectivity index (χ1v) is 15.4. The number of allylic oxidation sites excluding steroid dienone is 1. The second kappa shape index (κ2) is 13.3. The average molecular weight is 533 g/mol. The molecule has 0 radical (unpaired) electrons. The Balaban J connectivity index is 1.42. The van der Waals surface area contributed by atoms with Crippen LogP contribution in [-0.4, -0.2) is 55.2 Å². The van der Waals surface area contributed by atoms with Crippen LogP contribution in [0.3, 0.4) is 0 Å². The van der Waals surface area contributed by atoms with E-state index in [4.69, 9.17) is 23.7 Å². The van der Waals surface area contributed by atoms with Crippen molar-refractivity contribution in [3.63, 3.8) is 0 Å². The summed E-state index contributed by atoms with van der Waals surface area (Å²) >= 11 is 0. The van der Waals surface area contributed by atoms with Crippen molar-refractivity contribution < 1.29 is 33.6 Å². The van der Waals surface area contributed by atoms with E-state index in [1.807, 2.05) is 0 Å². The second-order valence-corrected chi connectivity index (χ2v) is 12.1. The summed E-state index contributed by atoms with van der Waals surface area (Å²) in [6.45, 7) is 7.94. The van der Waals surface area contributed by atoms with Gasteiger partial charge in [0.1, 0.15) is 18.0 Å². The van der Waals surface area contributed by atoms with E-state index in [0.717, 1.165) is 77.0 Å². The predicted octanol–water partition coefficient (Wildman–Crippen LogP) is 6.51. The molecule has 0 aromatic rings. The van der Waals surface area contributed by atoms with Crippen LogP contribution in [0.2, 0.25) is 0 Å². The number of carboxylic acid groups (broad SMARTS) is 1. The third-order valence-corrected chi connectivity index (χ3v) is 9.35. The number of hydrogen-bond donors (Lipinski definition) is 1. The molecule has 0 aromatic heterocycles. The summed E-state index contributed by atoms with van der Waals surface area (Å²) in [7, 11) is 0. The molecule has 214 valence electrons. The largest absolute Gasteiger partial charge is 0.478 e. The van der Waals surface area contributed by atoms with Crippen molar-refractivity contribution in [2.45, 2.75) is 134 Å². The first-order chi connectivity index (χ1) is 18.5. The van der Waals surface area contributed by atoms with Crippen LogP contribution in [0, 0.1) is 17.8 Å². The van der Waals surface area contributed by atoms with Crippen molar-refractivity contribution in [2.75, 3.05) is 13.2 Å². The molecule has 38 heavy (non-hydrogen) atoms. The lowest BCUT2D eigenvalue weighted by Gasteiger charge is -2.33. The number of epoxide rings is 1. The Bertz CT molecular complexity index is 835. The molecule has 5 aliphatic rings. The third-order valence-electron chi connectivity index (χ3n) is 9.35. The molecular formula is C31H48O7. The third kappa shape index (κ3) is 6.83. The van der Waals surface area contributed by atoms with E-state index < -0.39 is 18.4 Å². The van der Waals surface area contributed by atoms with Crippen LogP contribution in [0.25, 0.3) is 0 Å². The molecule has 0 bridgehead atoms. The van der Waals surface area contributed by atoms with E-state index in [9.17, 15) is 9.90 Å². The Hall–Kier alpha value is -1.41. The van der Waals surface area contributed by atoms with Gasteiger partial charge in [-0.15, -0.1) is 0 Å². The van der Waals surface area contributed by atoms with E-state index >= 15 is 0 Å². The lowest BCUT2D eigenvalue weighted by molar-refractivity contribution is -0.206. The topological polar surface area (TPSA) is 86.8 Å². The molecule has 7 nitrogen and oxygen atoms in total. The van der Waals surface area contributed by atoms with Gasteiger partial charge in [0.2, 0.25) is 0 Å². The van der Waals surface area contributed by atoms with Crippen molar-refractivity contribution in [1.82, 2.24) is 0 Å². The Labute approximate surface area is 228 Å². The Kier molecular flexibility index (Phi) is 9.84. The quantitative estimate of drug-likeness (QED) is 0.133. The van der Waals surface area contributed by atoms with Gasteiger partial charge in [0.15, 0.2) is 12.6 Å². The summed E-state index contributed by atoms with van der Waals surface area (Å²) < 4.78 is 31.4. The molecule has 3 saturated heterocycles. The summed E-state index contributed by atoms with van der Waals surface area (Å²) in [6.07, 6.45) is 13.4. The molecule has 7 atom stereocenters. The molecule has 0 spiro atoms. The van der Waals surface area contributed by atoms with Crippen molar-refractivity contribution >= 4 is 5.97 Å². The van der Waals surface area contributed by atoms with Crippen LogP contribution < -0.4 is 0 Å². The molecule has 1 N–H and O–H groups in total. The van der Waals surface area contributed by atoms with Crippen molar-refractivity contribution in [2.24, 2.45) is 17.8 Å². The highest BCUT2D eigenvalue weighted by Gasteiger charge is 2.52. The summed E-state index contributed by atoms with van der Waals surface area (Å²) in [5.41, 5.74) is 1.70. The normalized spacial score (nSPS) is 35.7. The maximum absolute atomic E-state index is 12.8. The van der Waals surface area contributed by atoms with E-state index in [0.29, 0.717) is 36.4 Å². The zero-order valence-corrected chi connectivity index (χ0v) is 23.2. The molecule has 2 saturated carbocycles. The van der Waals surface area contributed by atoms with Gasteiger partial charge in [-0.3, -0.25) is 0 Å². The highest BCUT2D eigenvalue weighted by molar-refractivity contribution is 5.88. The average Bonchev–Trinajstić information content (AvgIpc) is 3.30. The number of aliphatic carboxylic acids is 1. The monoisotopic (exact) mass is 532 g/mol. The molecule has 3 heterocycles. The van der Waals surface area contributed by atoms with Crippen LogP contribution >= 0.6 is 0 Å². The SMILES string of the molecule is C=C1CC[C@H](CCC)[C@H]1C[C@H]1OC1C(OC1CCCCO1)C(OC1CCCCO1)=C(C(=O)O)C1CCCC1. The van der Waals surface area contributed by atoms with Crippen LogP contribution in [0.4, 0.5) is 0 Å². The van der Waals surface area contributed by atoms with Gasteiger partial charge >= 0.3 is 5.97 Å². The molecule has 0 aromatic carbocycles.